The summed E-state index contributed by atoms with van der Waals surface area (Å²) in [5.74, 6) is 0. The van der Waals surface area contributed by atoms with Gasteiger partial charge in [-0.3, -0.25) is 0 Å². The highest BCUT2D eigenvalue weighted by molar-refractivity contribution is 5.87. The number of rotatable bonds is 8. The van der Waals surface area contributed by atoms with E-state index in [0.29, 0.717) is 6.04 Å². The van der Waals surface area contributed by atoms with Crippen LogP contribution in [-0.2, 0) is 12.8 Å². The SMILES string of the molecule is CCCCCCCCN[C@@H]1Cc2ccc3ccccc3c2C1. The Hall–Kier alpha value is -1.34. The van der Waals surface area contributed by atoms with Gasteiger partial charge in [-0.25, -0.2) is 0 Å². The van der Waals surface area contributed by atoms with Crippen LogP contribution in [0.4, 0.5) is 0 Å². The van der Waals surface area contributed by atoms with Crippen LogP contribution in [0.2, 0.25) is 0 Å². The Morgan fingerprint density at radius 3 is 2.64 bits per heavy atom. The van der Waals surface area contributed by atoms with Gasteiger partial charge in [0.1, 0.15) is 0 Å². The zero-order valence-electron chi connectivity index (χ0n) is 13.9. The van der Waals surface area contributed by atoms with Gasteiger partial charge < -0.3 is 5.32 Å². The summed E-state index contributed by atoms with van der Waals surface area (Å²) in [4.78, 5) is 0. The minimum atomic E-state index is 0.649. The van der Waals surface area contributed by atoms with Crippen LogP contribution in [0.5, 0.6) is 0 Å². The second-order valence-electron chi connectivity index (χ2n) is 6.75. The lowest BCUT2D eigenvalue weighted by Crippen LogP contribution is -2.30. The monoisotopic (exact) mass is 295 g/mol. The molecule has 2 aromatic rings. The molecule has 0 aromatic heterocycles. The highest BCUT2D eigenvalue weighted by atomic mass is 14.9. The molecule has 118 valence electrons. The maximum atomic E-state index is 3.78. The third-order valence-electron chi connectivity index (χ3n) is 5.02. The fraction of sp³-hybridized carbons (Fsp3) is 0.524. The molecule has 22 heavy (non-hydrogen) atoms. The summed E-state index contributed by atoms with van der Waals surface area (Å²) in [6, 6.07) is 14.1. The van der Waals surface area contributed by atoms with Gasteiger partial charge in [-0.15, -0.1) is 0 Å². The predicted molar refractivity (Wildman–Crippen MR) is 96.5 cm³/mol. The van der Waals surface area contributed by atoms with E-state index >= 15 is 0 Å². The molecule has 0 fully saturated rings. The molecule has 1 heteroatoms. The number of nitrogens with one attached hydrogen (secondary N) is 1. The summed E-state index contributed by atoms with van der Waals surface area (Å²) < 4.78 is 0. The second-order valence-corrected chi connectivity index (χ2v) is 6.75. The molecule has 0 aliphatic heterocycles. The summed E-state index contributed by atoms with van der Waals surface area (Å²) in [5.41, 5.74) is 3.14. The van der Waals surface area contributed by atoms with Crippen LogP contribution in [0.3, 0.4) is 0 Å². The molecular formula is C21H29N. The van der Waals surface area contributed by atoms with Crippen molar-refractivity contribution in [3.8, 4) is 0 Å². The Labute approximate surface area is 135 Å². The smallest absolute Gasteiger partial charge is 0.0148 e. The van der Waals surface area contributed by atoms with Crippen molar-refractivity contribution in [2.75, 3.05) is 6.54 Å². The molecule has 0 heterocycles. The van der Waals surface area contributed by atoms with Crippen LogP contribution >= 0.6 is 0 Å². The van der Waals surface area contributed by atoms with Crippen LogP contribution in [0.1, 0.15) is 56.6 Å². The number of benzene rings is 2. The molecule has 1 atom stereocenters. The van der Waals surface area contributed by atoms with Crippen molar-refractivity contribution in [3.05, 3.63) is 47.5 Å². The zero-order chi connectivity index (χ0) is 15.2. The second kappa shape index (κ2) is 7.78. The van der Waals surface area contributed by atoms with Gasteiger partial charge in [-0.1, -0.05) is 75.4 Å². The van der Waals surface area contributed by atoms with Crippen LogP contribution in [-0.4, -0.2) is 12.6 Å². The lowest BCUT2D eigenvalue weighted by molar-refractivity contribution is 0.503. The van der Waals surface area contributed by atoms with Gasteiger partial charge >= 0.3 is 0 Å². The average molecular weight is 295 g/mol. The molecule has 0 saturated heterocycles. The maximum absolute atomic E-state index is 3.78. The van der Waals surface area contributed by atoms with E-state index in [-0.39, 0.29) is 0 Å². The first-order valence-electron chi connectivity index (χ1n) is 9.11. The van der Waals surface area contributed by atoms with Crippen LogP contribution < -0.4 is 5.32 Å². The Kier molecular flexibility index (Phi) is 5.50. The molecule has 0 unspecified atom stereocenters. The first-order chi connectivity index (χ1) is 10.9. The van der Waals surface area contributed by atoms with Crippen molar-refractivity contribution in [3.63, 3.8) is 0 Å². The Balaban J connectivity index is 1.47. The van der Waals surface area contributed by atoms with Gasteiger partial charge in [0.25, 0.3) is 0 Å². The molecular weight excluding hydrogens is 266 g/mol. The van der Waals surface area contributed by atoms with E-state index in [1.165, 1.54) is 68.7 Å². The highest BCUT2D eigenvalue weighted by Crippen LogP contribution is 2.29. The fourth-order valence-corrected chi connectivity index (χ4v) is 3.75. The molecule has 0 saturated carbocycles. The van der Waals surface area contributed by atoms with Gasteiger partial charge in [-0.2, -0.15) is 0 Å². The number of fused-ring (bicyclic) bond motifs is 3. The molecule has 1 nitrogen and oxygen atoms in total. The van der Waals surface area contributed by atoms with Crippen molar-refractivity contribution in [1.29, 1.82) is 0 Å². The Morgan fingerprint density at radius 1 is 0.909 bits per heavy atom. The molecule has 1 aliphatic carbocycles. The van der Waals surface area contributed by atoms with Gasteiger partial charge in [0.05, 0.1) is 0 Å². The minimum Gasteiger partial charge on any atom is -0.313 e. The summed E-state index contributed by atoms with van der Waals surface area (Å²) >= 11 is 0. The summed E-state index contributed by atoms with van der Waals surface area (Å²) in [6.45, 7) is 3.46. The van der Waals surface area contributed by atoms with Crippen molar-refractivity contribution in [2.45, 2.75) is 64.3 Å². The largest absolute Gasteiger partial charge is 0.313 e. The van der Waals surface area contributed by atoms with E-state index in [9.17, 15) is 0 Å². The van der Waals surface area contributed by atoms with Gasteiger partial charge in [-0.05, 0) is 47.7 Å². The normalized spacial score (nSPS) is 17.0. The molecule has 3 rings (SSSR count). The molecule has 0 amide bonds. The maximum Gasteiger partial charge on any atom is 0.0148 e. The highest BCUT2D eigenvalue weighted by Gasteiger charge is 2.22. The van der Waals surface area contributed by atoms with E-state index < -0.39 is 0 Å². The third-order valence-corrected chi connectivity index (χ3v) is 5.02. The standard InChI is InChI=1S/C21H29N/c1-2-3-4-5-6-9-14-22-19-15-18-13-12-17-10-7-8-11-20(17)21(18)16-19/h7-8,10-13,19,22H,2-6,9,14-16H2,1H3/t19-/m1/s1. The lowest BCUT2D eigenvalue weighted by Gasteiger charge is -2.11. The fourth-order valence-electron chi connectivity index (χ4n) is 3.75. The zero-order valence-corrected chi connectivity index (χ0v) is 13.9. The van der Waals surface area contributed by atoms with Crippen molar-refractivity contribution < 1.29 is 0 Å². The topological polar surface area (TPSA) is 12.0 Å². The van der Waals surface area contributed by atoms with Crippen LogP contribution in [0, 0.1) is 0 Å². The molecule has 0 bridgehead atoms. The lowest BCUT2D eigenvalue weighted by atomic mass is 10.0. The van der Waals surface area contributed by atoms with E-state index in [1.54, 1.807) is 11.1 Å². The van der Waals surface area contributed by atoms with E-state index in [1.807, 2.05) is 0 Å². The first-order valence-corrected chi connectivity index (χ1v) is 9.11. The van der Waals surface area contributed by atoms with Crippen LogP contribution in [0.25, 0.3) is 10.8 Å². The predicted octanol–water partition coefficient (Wildman–Crippen LogP) is 5.26. The third kappa shape index (κ3) is 3.70. The van der Waals surface area contributed by atoms with Gasteiger partial charge in [0.15, 0.2) is 0 Å². The quantitative estimate of drug-likeness (QED) is 0.655. The molecule has 1 N–H and O–H groups in total. The summed E-state index contributed by atoms with van der Waals surface area (Å²) in [7, 11) is 0. The van der Waals surface area contributed by atoms with Crippen molar-refractivity contribution in [2.24, 2.45) is 0 Å². The van der Waals surface area contributed by atoms with E-state index in [0.717, 1.165) is 0 Å². The summed E-state index contributed by atoms with van der Waals surface area (Å²) in [6.07, 6.45) is 10.7. The molecule has 1 aliphatic rings. The van der Waals surface area contributed by atoms with Crippen molar-refractivity contribution >= 4 is 10.8 Å². The van der Waals surface area contributed by atoms with Gasteiger partial charge in [0.2, 0.25) is 0 Å². The number of hydrogen-bond acceptors (Lipinski definition) is 1. The number of unbranched alkanes of at least 4 members (excludes halogenated alkanes) is 5. The van der Waals surface area contributed by atoms with Crippen LogP contribution in [0.15, 0.2) is 36.4 Å². The Morgan fingerprint density at radius 2 is 1.73 bits per heavy atom. The first kappa shape index (κ1) is 15.6. The molecule has 0 radical (unpaired) electrons. The molecule has 2 aromatic carbocycles. The molecule has 0 spiro atoms. The van der Waals surface area contributed by atoms with Gasteiger partial charge in [0, 0.05) is 6.04 Å². The van der Waals surface area contributed by atoms with Crippen molar-refractivity contribution in [1.82, 2.24) is 5.32 Å². The number of hydrogen-bond donors (Lipinski definition) is 1. The summed E-state index contributed by atoms with van der Waals surface area (Å²) in [5, 5.41) is 6.63. The van der Waals surface area contributed by atoms with E-state index in [4.69, 9.17) is 0 Å². The van der Waals surface area contributed by atoms with E-state index in [2.05, 4.69) is 48.6 Å². The average Bonchev–Trinajstić information content (AvgIpc) is 2.97. The Bertz CT molecular complexity index is 602. The minimum absolute atomic E-state index is 0.649.